The number of methoxy groups -OCH3 is 1. The maximum Gasteiger partial charge on any atom is 0.213 e. The first-order valence-electron chi connectivity index (χ1n) is 6.14. The van der Waals surface area contributed by atoms with Crippen LogP contribution in [-0.4, -0.2) is 12.1 Å². The Kier molecular flexibility index (Phi) is 5.88. The summed E-state index contributed by atoms with van der Waals surface area (Å²) in [5.74, 6) is 0.625. The summed E-state index contributed by atoms with van der Waals surface area (Å²) < 4.78 is 5.09. The van der Waals surface area contributed by atoms with Gasteiger partial charge < -0.3 is 10.5 Å². The van der Waals surface area contributed by atoms with Gasteiger partial charge in [0.05, 0.1) is 12.8 Å². The largest absolute Gasteiger partial charge is 0.481 e. The van der Waals surface area contributed by atoms with E-state index < -0.39 is 0 Å². The quantitative estimate of drug-likeness (QED) is 0.901. The fourth-order valence-electron chi connectivity index (χ4n) is 1.50. The number of ether oxygens (including phenoxy) is 1. The first-order chi connectivity index (χ1) is 8.83. The average molecular weight is 244 g/mol. The minimum atomic E-state index is 0.561. The number of pyridine rings is 1. The zero-order valence-electron chi connectivity index (χ0n) is 11.2. The molecule has 1 aromatic heterocycles. The fraction of sp³-hybridized carbons (Fsp3) is 0.267. The molecule has 1 heterocycles. The van der Waals surface area contributed by atoms with Crippen molar-refractivity contribution in [2.45, 2.75) is 20.4 Å². The van der Waals surface area contributed by atoms with Crippen molar-refractivity contribution in [3.05, 3.63) is 48.0 Å². The minimum absolute atomic E-state index is 0.561. The molecule has 0 spiro atoms. The van der Waals surface area contributed by atoms with E-state index in [1.54, 1.807) is 7.11 Å². The van der Waals surface area contributed by atoms with E-state index in [-0.39, 0.29) is 0 Å². The molecular weight excluding hydrogens is 224 g/mol. The summed E-state index contributed by atoms with van der Waals surface area (Å²) in [5, 5.41) is 0. The molecule has 96 valence electrons. The third-order valence-corrected chi connectivity index (χ3v) is 2.42. The van der Waals surface area contributed by atoms with Gasteiger partial charge in [-0.05, 0) is 11.6 Å². The Balaban J connectivity index is 0.000000771. The Morgan fingerprint density at radius 1 is 1.06 bits per heavy atom. The molecule has 0 aliphatic rings. The Bertz CT molecular complexity index is 466. The third kappa shape index (κ3) is 3.57. The van der Waals surface area contributed by atoms with Gasteiger partial charge in [-0.25, -0.2) is 4.98 Å². The molecule has 3 nitrogen and oxygen atoms in total. The van der Waals surface area contributed by atoms with Gasteiger partial charge in [0.25, 0.3) is 0 Å². The smallest absolute Gasteiger partial charge is 0.213 e. The molecule has 0 radical (unpaired) electrons. The Hall–Kier alpha value is -1.87. The SMILES string of the molecule is CC.COc1cccc(-c2ccc(CN)cc2)n1. The molecule has 18 heavy (non-hydrogen) atoms. The normalized spacial score (nSPS) is 9.33. The maximum atomic E-state index is 5.55. The molecule has 0 amide bonds. The van der Waals surface area contributed by atoms with Gasteiger partial charge in [0.2, 0.25) is 5.88 Å². The molecule has 0 saturated carbocycles. The highest BCUT2D eigenvalue weighted by molar-refractivity contribution is 5.59. The second-order valence-corrected chi connectivity index (χ2v) is 3.47. The Morgan fingerprint density at radius 3 is 2.28 bits per heavy atom. The average Bonchev–Trinajstić information content (AvgIpc) is 2.49. The van der Waals surface area contributed by atoms with Crippen LogP contribution in [0.25, 0.3) is 11.3 Å². The summed E-state index contributed by atoms with van der Waals surface area (Å²) in [5.41, 5.74) is 8.64. The second kappa shape index (κ2) is 7.45. The Morgan fingerprint density at radius 2 is 1.72 bits per heavy atom. The van der Waals surface area contributed by atoms with Gasteiger partial charge in [-0.3, -0.25) is 0 Å². The van der Waals surface area contributed by atoms with E-state index in [0.29, 0.717) is 12.4 Å². The van der Waals surface area contributed by atoms with Crippen molar-refractivity contribution in [3.63, 3.8) is 0 Å². The molecule has 0 bridgehead atoms. The number of hydrogen-bond acceptors (Lipinski definition) is 3. The van der Waals surface area contributed by atoms with Crippen LogP contribution < -0.4 is 10.5 Å². The number of aromatic nitrogens is 1. The predicted molar refractivity (Wildman–Crippen MR) is 75.5 cm³/mol. The van der Waals surface area contributed by atoms with Gasteiger partial charge in [0, 0.05) is 18.2 Å². The monoisotopic (exact) mass is 244 g/mol. The lowest BCUT2D eigenvalue weighted by Gasteiger charge is -2.04. The van der Waals surface area contributed by atoms with Crippen LogP contribution in [0.3, 0.4) is 0 Å². The molecule has 0 unspecified atom stereocenters. The number of nitrogens with zero attached hydrogens (tertiary/aromatic N) is 1. The van der Waals surface area contributed by atoms with Crippen molar-refractivity contribution < 1.29 is 4.74 Å². The van der Waals surface area contributed by atoms with Gasteiger partial charge in [-0.15, -0.1) is 0 Å². The van der Waals surface area contributed by atoms with Gasteiger partial charge >= 0.3 is 0 Å². The topological polar surface area (TPSA) is 48.1 Å². The molecule has 2 rings (SSSR count). The highest BCUT2D eigenvalue weighted by Gasteiger charge is 2.00. The fourth-order valence-corrected chi connectivity index (χ4v) is 1.50. The van der Waals surface area contributed by atoms with Crippen molar-refractivity contribution in [3.8, 4) is 17.1 Å². The lowest BCUT2D eigenvalue weighted by molar-refractivity contribution is 0.398. The summed E-state index contributed by atoms with van der Waals surface area (Å²) in [6, 6.07) is 13.8. The van der Waals surface area contributed by atoms with Gasteiger partial charge in [-0.2, -0.15) is 0 Å². The molecular formula is C15H20N2O. The molecule has 0 aliphatic heterocycles. The van der Waals surface area contributed by atoms with E-state index in [0.717, 1.165) is 16.8 Å². The van der Waals surface area contributed by atoms with E-state index in [1.807, 2.05) is 56.3 Å². The first kappa shape index (κ1) is 14.2. The van der Waals surface area contributed by atoms with E-state index in [1.165, 1.54) is 0 Å². The van der Waals surface area contributed by atoms with Crippen LogP contribution in [0.4, 0.5) is 0 Å². The number of hydrogen-bond donors (Lipinski definition) is 1. The van der Waals surface area contributed by atoms with Crippen LogP contribution in [0, 0.1) is 0 Å². The zero-order chi connectivity index (χ0) is 13.4. The van der Waals surface area contributed by atoms with Gasteiger partial charge in [0.15, 0.2) is 0 Å². The first-order valence-corrected chi connectivity index (χ1v) is 6.14. The molecule has 0 saturated heterocycles. The maximum absolute atomic E-state index is 5.55. The lowest BCUT2D eigenvalue weighted by Crippen LogP contribution is -1.95. The summed E-state index contributed by atoms with van der Waals surface area (Å²) in [6.45, 7) is 4.56. The van der Waals surface area contributed by atoms with Crippen LogP contribution in [0.5, 0.6) is 5.88 Å². The van der Waals surface area contributed by atoms with Crippen LogP contribution in [0.2, 0.25) is 0 Å². The van der Waals surface area contributed by atoms with E-state index in [4.69, 9.17) is 10.5 Å². The summed E-state index contributed by atoms with van der Waals surface area (Å²) in [4.78, 5) is 4.36. The molecule has 0 atom stereocenters. The van der Waals surface area contributed by atoms with Crippen molar-refractivity contribution in [1.82, 2.24) is 4.98 Å². The van der Waals surface area contributed by atoms with Crippen molar-refractivity contribution in [2.75, 3.05) is 7.11 Å². The second-order valence-electron chi connectivity index (χ2n) is 3.47. The van der Waals surface area contributed by atoms with Gasteiger partial charge in [-0.1, -0.05) is 44.2 Å². The number of benzene rings is 1. The highest BCUT2D eigenvalue weighted by atomic mass is 16.5. The van der Waals surface area contributed by atoms with E-state index in [2.05, 4.69) is 4.98 Å². The third-order valence-electron chi connectivity index (χ3n) is 2.42. The molecule has 2 aromatic rings. The van der Waals surface area contributed by atoms with E-state index >= 15 is 0 Å². The minimum Gasteiger partial charge on any atom is -0.481 e. The molecule has 3 heteroatoms. The summed E-state index contributed by atoms with van der Waals surface area (Å²) in [7, 11) is 1.61. The lowest BCUT2D eigenvalue weighted by atomic mass is 10.1. The van der Waals surface area contributed by atoms with Gasteiger partial charge in [0.1, 0.15) is 0 Å². The van der Waals surface area contributed by atoms with Crippen LogP contribution in [0.15, 0.2) is 42.5 Å². The Labute approximate surface area is 109 Å². The molecule has 1 aromatic carbocycles. The van der Waals surface area contributed by atoms with Crippen LogP contribution in [-0.2, 0) is 6.54 Å². The highest BCUT2D eigenvalue weighted by Crippen LogP contribution is 2.19. The summed E-state index contributed by atoms with van der Waals surface area (Å²) in [6.07, 6.45) is 0. The van der Waals surface area contributed by atoms with E-state index in [9.17, 15) is 0 Å². The van der Waals surface area contributed by atoms with Crippen molar-refractivity contribution >= 4 is 0 Å². The molecule has 2 N–H and O–H groups in total. The molecule has 0 fully saturated rings. The number of nitrogens with two attached hydrogens (primary N) is 1. The standard InChI is InChI=1S/C13H14N2O.C2H6/c1-16-13-4-2-3-12(15-13)11-7-5-10(9-14)6-8-11;1-2/h2-8H,9,14H2,1H3;1-2H3. The summed E-state index contributed by atoms with van der Waals surface area (Å²) >= 11 is 0. The van der Waals surface area contributed by atoms with Crippen molar-refractivity contribution in [1.29, 1.82) is 0 Å². The predicted octanol–water partition coefficient (Wildman–Crippen LogP) is 3.24. The van der Waals surface area contributed by atoms with Crippen molar-refractivity contribution in [2.24, 2.45) is 5.73 Å². The molecule has 0 aliphatic carbocycles. The number of rotatable bonds is 3. The van der Waals surface area contributed by atoms with Crippen LogP contribution in [0.1, 0.15) is 19.4 Å². The van der Waals surface area contributed by atoms with Crippen LogP contribution >= 0.6 is 0 Å². The zero-order valence-corrected chi connectivity index (χ0v) is 11.2.